The fraction of sp³-hybridized carbons (Fsp3) is 0.211. The molecule has 0 N–H and O–H groups in total. The third-order valence-corrected chi connectivity index (χ3v) is 4.29. The molecule has 1 amide bonds. The van der Waals surface area contributed by atoms with E-state index < -0.39 is 0 Å². The number of aromatic nitrogens is 4. The molecular weight excluding hydrogens is 328 g/mol. The Morgan fingerprint density at radius 2 is 1.85 bits per heavy atom. The molecule has 26 heavy (non-hydrogen) atoms. The Hall–Kier alpha value is -3.35. The van der Waals surface area contributed by atoms with Gasteiger partial charge in [-0.25, -0.2) is 9.97 Å². The lowest BCUT2D eigenvalue weighted by atomic mass is 10.2. The van der Waals surface area contributed by atoms with Gasteiger partial charge in [-0.1, -0.05) is 30.3 Å². The number of rotatable bonds is 3. The number of carbonyl (C=O) groups excluding carboxylic acids is 1. The summed E-state index contributed by atoms with van der Waals surface area (Å²) in [5, 5.41) is 8.26. The number of amides is 1. The smallest absolute Gasteiger partial charge is 0.273 e. The molecule has 0 radical (unpaired) electrons. The van der Waals surface area contributed by atoms with Crippen molar-refractivity contribution in [3.63, 3.8) is 0 Å². The van der Waals surface area contributed by atoms with E-state index in [1.165, 1.54) is 4.90 Å². The highest BCUT2D eigenvalue weighted by molar-refractivity contribution is 5.91. The molecule has 0 spiro atoms. The predicted molar refractivity (Wildman–Crippen MR) is 97.4 cm³/mol. The van der Waals surface area contributed by atoms with Crippen molar-refractivity contribution in [2.75, 3.05) is 19.0 Å². The number of nitrogens with zero attached hydrogens (tertiary/aromatic N) is 6. The number of benzene rings is 1. The van der Waals surface area contributed by atoms with Gasteiger partial charge in [0, 0.05) is 38.0 Å². The van der Waals surface area contributed by atoms with Crippen molar-refractivity contribution in [2.45, 2.75) is 13.1 Å². The quantitative estimate of drug-likeness (QED) is 0.723. The van der Waals surface area contributed by atoms with Crippen molar-refractivity contribution in [3.05, 3.63) is 65.6 Å². The molecule has 3 aromatic rings. The lowest BCUT2D eigenvalue weighted by Gasteiger charge is -2.15. The van der Waals surface area contributed by atoms with Crippen LogP contribution in [0.1, 0.15) is 21.7 Å². The van der Waals surface area contributed by atoms with Gasteiger partial charge in [0.25, 0.3) is 5.91 Å². The molecule has 0 fully saturated rings. The van der Waals surface area contributed by atoms with Gasteiger partial charge in [-0.05, 0) is 12.1 Å². The van der Waals surface area contributed by atoms with Gasteiger partial charge < -0.3 is 9.80 Å². The zero-order valence-corrected chi connectivity index (χ0v) is 14.6. The van der Waals surface area contributed by atoms with Crippen molar-refractivity contribution < 1.29 is 4.79 Å². The van der Waals surface area contributed by atoms with Gasteiger partial charge >= 0.3 is 0 Å². The molecule has 0 bridgehead atoms. The van der Waals surface area contributed by atoms with Gasteiger partial charge in [0.2, 0.25) is 0 Å². The topological polar surface area (TPSA) is 75.1 Å². The first-order valence-electron chi connectivity index (χ1n) is 8.32. The highest BCUT2D eigenvalue weighted by Gasteiger charge is 2.23. The van der Waals surface area contributed by atoms with Crippen LogP contribution < -0.4 is 4.90 Å². The second-order valence-corrected chi connectivity index (χ2v) is 6.36. The van der Waals surface area contributed by atoms with E-state index in [1.807, 2.05) is 42.6 Å². The maximum absolute atomic E-state index is 11.9. The summed E-state index contributed by atoms with van der Waals surface area (Å²) in [5.41, 5.74) is 3.41. The Bertz CT molecular complexity index is 940. The largest absolute Gasteiger partial charge is 0.345 e. The monoisotopic (exact) mass is 346 g/mol. The van der Waals surface area contributed by atoms with Crippen LogP contribution >= 0.6 is 0 Å². The van der Waals surface area contributed by atoms with E-state index in [9.17, 15) is 4.79 Å². The molecule has 7 heteroatoms. The molecule has 0 atom stereocenters. The summed E-state index contributed by atoms with van der Waals surface area (Å²) < 4.78 is 0. The van der Waals surface area contributed by atoms with Crippen LogP contribution in [0.5, 0.6) is 0 Å². The molecule has 0 aliphatic carbocycles. The lowest BCUT2D eigenvalue weighted by molar-refractivity contribution is 0.0821. The first kappa shape index (κ1) is 16.1. The SMILES string of the molecule is CN(C)C(=O)c1ccc(N2Cc3cnc(-c4ccccc4)nc3C2)nn1. The summed E-state index contributed by atoms with van der Waals surface area (Å²) in [6.45, 7) is 1.33. The van der Waals surface area contributed by atoms with Crippen LogP contribution in [0.4, 0.5) is 5.82 Å². The number of fused-ring (bicyclic) bond motifs is 1. The molecule has 1 aromatic carbocycles. The Kier molecular flexibility index (Phi) is 4.04. The van der Waals surface area contributed by atoms with E-state index in [2.05, 4.69) is 20.1 Å². The Labute approximate surface area is 151 Å². The summed E-state index contributed by atoms with van der Waals surface area (Å²) in [4.78, 5) is 24.7. The molecule has 2 aromatic heterocycles. The zero-order valence-electron chi connectivity index (χ0n) is 14.6. The van der Waals surface area contributed by atoms with Crippen LogP contribution in [0.3, 0.4) is 0 Å². The van der Waals surface area contributed by atoms with E-state index in [1.54, 1.807) is 20.2 Å². The number of hydrogen-bond acceptors (Lipinski definition) is 6. The molecule has 0 saturated heterocycles. The molecule has 4 rings (SSSR count). The zero-order chi connectivity index (χ0) is 18.1. The van der Waals surface area contributed by atoms with E-state index in [4.69, 9.17) is 4.98 Å². The van der Waals surface area contributed by atoms with Crippen LogP contribution in [0.25, 0.3) is 11.4 Å². The third kappa shape index (κ3) is 2.99. The Morgan fingerprint density at radius 1 is 1.04 bits per heavy atom. The standard InChI is InChI=1S/C19H18N6O/c1-24(2)19(26)15-8-9-17(23-22-15)25-11-14-10-20-18(21-16(14)12-25)13-6-4-3-5-7-13/h3-10H,11-12H2,1-2H3. The van der Waals surface area contributed by atoms with Gasteiger partial charge in [-0.2, -0.15) is 0 Å². The number of hydrogen-bond donors (Lipinski definition) is 0. The van der Waals surface area contributed by atoms with E-state index in [0.717, 1.165) is 28.5 Å². The summed E-state index contributed by atoms with van der Waals surface area (Å²) in [7, 11) is 3.38. The molecule has 0 saturated carbocycles. The molecule has 1 aliphatic rings. The van der Waals surface area contributed by atoms with Gasteiger partial charge in [-0.15, -0.1) is 10.2 Å². The summed E-state index contributed by atoms with van der Waals surface area (Å²) in [6.07, 6.45) is 1.88. The molecule has 0 unspecified atom stereocenters. The average Bonchev–Trinajstić information content (AvgIpc) is 3.11. The second kappa shape index (κ2) is 6.51. The second-order valence-electron chi connectivity index (χ2n) is 6.36. The van der Waals surface area contributed by atoms with Crippen LogP contribution in [-0.4, -0.2) is 45.1 Å². The normalized spacial score (nSPS) is 12.8. The maximum atomic E-state index is 11.9. The third-order valence-electron chi connectivity index (χ3n) is 4.29. The molecule has 7 nitrogen and oxygen atoms in total. The van der Waals surface area contributed by atoms with Crippen LogP contribution in [0, 0.1) is 0 Å². The van der Waals surface area contributed by atoms with Crippen molar-refractivity contribution >= 4 is 11.7 Å². The fourth-order valence-electron chi connectivity index (χ4n) is 2.88. The molecular formula is C19H18N6O. The molecule has 130 valence electrons. The minimum atomic E-state index is -0.160. The summed E-state index contributed by atoms with van der Waals surface area (Å²) in [5.74, 6) is 1.29. The first-order chi connectivity index (χ1) is 12.6. The Balaban J connectivity index is 1.54. The van der Waals surface area contributed by atoms with E-state index in [-0.39, 0.29) is 5.91 Å². The van der Waals surface area contributed by atoms with Crippen molar-refractivity contribution in [2.24, 2.45) is 0 Å². The fourth-order valence-corrected chi connectivity index (χ4v) is 2.88. The molecule has 1 aliphatic heterocycles. The Morgan fingerprint density at radius 3 is 2.54 bits per heavy atom. The predicted octanol–water partition coefficient (Wildman–Crippen LogP) is 2.16. The summed E-state index contributed by atoms with van der Waals surface area (Å²) >= 11 is 0. The van der Waals surface area contributed by atoms with Crippen LogP contribution in [0.2, 0.25) is 0 Å². The lowest BCUT2D eigenvalue weighted by Crippen LogP contribution is -2.24. The van der Waals surface area contributed by atoms with E-state index >= 15 is 0 Å². The van der Waals surface area contributed by atoms with Crippen molar-refractivity contribution in [3.8, 4) is 11.4 Å². The highest BCUT2D eigenvalue weighted by Crippen LogP contribution is 2.26. The van der Waals surface area contributed by atoms with Gasteiger partial charge in [0.15, 0.2) is 17.3 Å². The van der Waals surface area contributed by atoms with Gasteiger partial charge in [0.1, 0.15) is 0 Å². The van der Waals surface area contributed by atoms with Crippen LogP contribution in [0.15, 0.2) is 48.7 Å². The number of anilines is 1. The summed E-state index contributed by atoms with van der Waals surface area (Å²) in [6, 6.07) is 13.5. The minimum absolute atomic E-state index is 0.160. The van der Waals surface area contributed by atoms with Crippen LogP contribution in [-0.2, 0) is 13.1 Å². The van der Waals surface area contributed by atoms with Crippen molar-refractivity contribution in [1.29, 1.82) is 0 Å². The van der Waals surface area contributed by atoms with E-state index in [0.29, 0.717) is 18.8 Å². The van der Waals surface area contributed by atoms with Gasteiger partial charge in [0.05, 0.1) is 12.2 Å². The minimum Gasteiger partial charge on any atom is -0.345 e. The first-order valence-corrected chi connectivity index (χ1v) is 8.32. The van der Waals surface area contributed by atoms with Gasteiger partial charge in [-0.3, -0.25) is 4.79 Å². The highest BCUT2D eigenvalue weighted by atomic mass is 16.2. The van der Waals surface area contributed by atoms with Crippen molar-refractivity contribution in [1.82, 2.24) is 25.1 Å². The average molecular weight is 346 g/mol. The number of carbonyl (C=O) groups is 1. The maximum Gasteiger partial charge on any atom is 0.273 e. The molecule has 3 heterocycles.